The molecule has 0 aliphatic carbocycles. The van der Waals surface area contributed by atoms with Crippen LogP contribution in [0.2, 0.25) is 0 Å². The maximum absolute atomic E-state index is 12.5. The summed E-state index contributed by atoms with van der Waals surface area (Å²) in [7, 11) is 1.41. The summed E-state index contributed by atoms with van der Waals surface area (Å²) in [5, 5.41) is 0. The lowest BCUT2D eigenvalue weighted by atomic mass is 10.2. The molecule has 0 heterocycles. The Labute approximate surface area is 63.6 Å². The van der Waals surface area contributed by atoms with E-state index in [1.165, 1.54) is 19.2 Å². The van der Waals surface area contributed by atoms with Crippen molar-refractivity contribution in [3.05, 3.63) is 29.6 Å². The van der Waals surface area contributed by atoms with Crippen molar-refractivity contribution in [2.45, 2.75) is 0 Å². The molecule has 2 nitrogen and oxygen atoms in total. The second-order valence-corrected chi connectivity index (χ2v) is 1.98. The molecule has 3 heteroatoms. The van der Waals surface area contributed by atoms with Crippen LogP contribution in [0.4, 0.5) is 4.39 Å². The van der Waals surface area contributed by atoms with E-state index in [0.29, 0.717) is 5.75 Å². The third-order valence-electron chi connectivity index (χ3n) is 1.22. The summed E-state index contributed by atoms with van der Waals surface area (Å²) in [4.78, 5) is 10.1. The maximum Gasteiger partial charge on any atom is 0.233 e. The molecular weight excluding hydrogens is 147 g/mol. The largest absolute Gasteiger partial charge is 0.497 e. The molecule has 0 N–H and O–H groups in total. The van der Waals surface area contributed by atoms with Gasteiger partial charge in [0.1, 0.15) is 11.6 Å². The fraction of sp³-hybridized carbons (Fsp3) is 0.125. The summed E-state index contributed by atoms with van der Waals surface area (Å²) in [6.07, 6.45) is 1.57. The SMILES string of the molecule is COc1cc(F)cc([C]=O)c1. The highest BCUT2D eigenvalue weighted by atomic mass is 19.1. The summed E-state index contributed by atoms with van der Waals surface area (Å²) < 4.78 is 17.3. The first-order valence-electron chi connectivity index (χ1n) is 2.99. The van der Waals surface area contributed by atoms with Crippen molar-refractivity contribution in [2.24, 2.45) is 0 Å². The minimum absolute atomic E-state index is 0.154. The zero-order valence-electron chi connectivity index (χ0n) is 5.93. The number of benzene rings is 1. The zero-order valence-corrected chi connectivity index (χ0v) is 5.93. The monoisotopic (exact) mass is 153 g/mol. The van der Waals surface area contributed by atoms with E-state index in [1.807, 2.05) is 0 Å². The van der Waals surface area contributed by atoms with Gasteiger partial charge < -0.3 is 4.74 Å². The number of carbonyl (C=O) groups excluding carboxylic acids is 1. The van der Waals surface area contributed by atoms with E-state index in [2.05, 4.69) is 0 Å². The molecule has 0 atom stereocenters. The second-order valence-electron chi connectivity index (χ2n) is 1.98. The van der Waals surface area contributed by atoms with Gasteiger partial charge in [0, 0.05) is 11.6 Å². The normalized spacial score (nSPS) is 9.27. The first kappa shape index (κ1) is 7.72. The van der Waals surface area contributed by atoms with Crippen molar-refractivity contribution in [3.63, 3.8) is 0 Å². The number of methoxy groups -OCH3 is 1. The molecule has 0 aromatic heterocycles. The molecule has 0 unspecified atom stereocenters. The van der Waals surface area contributed by atoms with Gasteiger partial charge in [-0.25, -0.2) is 4.39 Å². The smallest absolute Gasteiger partial charge is 0.233 e. The van der Waals surface area contributed by atoms with Crippen LogP contribution < -0.4 is 4.74 Å². The lowest BCUT2D eigenvalue weighted by molar-refractivity contribution is 0.411. The Bertz CT molecular complexity index is 271. The van der Waals surface area contributed by atoms with Gasteiger partial charge in [0.2, 0.25) is 6.29 Å². The number of hydrogen-bond acceptors (Lipinski definition) is 2. The summed E-state index contributed by atoms with van der Waals surface area (Å²) >= 11 is 0. The first-order chi connectivity index (χ1) is 5.26. The molecule has 0 bridgehead atoms. The lowest BCUT2D eigenvalue weighted by Crippen LogP contribution is -1.88. The van der Waals surface area contributed by atoms with Crippen molar-refractivity contribution in [3.8, 4) is 5.75 Å². The summed E-state index contributed by atoms with van der Waals surface area (Å²) in [5.41, 5.74) is 0.154. The van der Waals surface area contributed by atoms with Crippen molar-refractivity contribution in [1.82, 2.24) is 0 Å². The van der Waals surface area contributed by atoms with Gasteiger partial charge in [0.25, 0.3) is 0 Å². The van der Waals surface area contributed by atoms with E-state index in [0.717, 1.165) is 6.07 Å². The van der Waals surface area contributed by atoms with Gasteiger partial charge in [0.15, 0.2) is 0 Å². The molecule has 57 valence electrons. The molecule has 11 heavy (non-hydrogen) atoms. The van der Waals surface area contributed by atoms with E-state index in [1.54, 1.807) is 6.29 Å². The predicted molar refractivity (Wildman–Crippen MR) is 37.7 cm³/mol. The third-order valence-corrected chi connectivity index (χ3v) is 1.22. The summed E-state index contributed by atoms with van der Waals surface area (Å²) in [5.74, 6) is -0.175. The van der Waals surface area contributed by atoms with Crippen LogP contribution in [0.3, 0.4) is 0 Å². The molecule has 1 aromatic carbocycles. The van der Waals surface area contributed by atoms with Crippen LogP contribution in [0.15, 0.2) is 18.2 Å². The van der Waals surface area contributed by atoms with Crippen molar-refractivity contribution in [2.75, 3.05) is 7.11 Å². The Morgan fingerprint density at radius 1 is 1.45 bits per heavy atom. The summed E-state index contributed by atoms with van der Waals surface area (Å²) in [6.45, 7) is 0. The average Bonchev–Trinajstić information content (AvgIpc) is 2.03. The fourth-order valence-electron chi connectivity index (χ4n) is 0.739. The Kier molecular flexibility index (Phi) is 2.21. The van der Waals surface area contributed by atoms with E-state index >= 15 is 0 Å². The number of rotatable bonds is 2. The van der Waals surface area contributed by atoms with Crippen molar-refractivity contribution >= 4 is 6.29 Å². The first-order valence-corrected chi connectivity index (χ1v) is 2.99. The van der Waals surface area contributed by atoms with Gasteiger partial charge in [-0.05, 0) is 12.1 Å². The number of hydrogen-bond donors (Lipinski definition) is 0. The number of ether oxygens (including phenoxy) is 1. The molecule has 0 fully saturated rings. The molecule has 0 aliphatic rings. The lowest BCUT2D eigenvalue weighted by Gasteiger charge is -1.98. The van der Waals surface area contributed by atoms with Gasteiger partial charge in [0.05, 0.1) is 7.11 Å². The van der Waals surface area contributed by atoms with Crippen LogP contribution in [0.25, 0.3) is 0 Å². The summed E-state index contributed by atoms with van der Waals surface area (Å²) in [6, 6.07) is 3.70. The highest BCUT2D eigenvalue weighted by molar-refractivity contribution is 5.75. The van der Waals surface area contributed by atoms with Gasteiger partial charge >= 0.3 is 0 Å². The van der Waals surface area contributed by atoms with Crippen LogP contribution >= 0.6 is 0 Å². The highest BCUT2D eigenvalue weighted by Crippen LogP contribution is 2.13. The van der Waals surface area contributed by atoms with Crippen molar-refractivity contribution in [1.29, 1.82) is 0 Å². The van der Waals surface area contributed by atoms with Gasteiger partial charge in [-0.1, -0.05) is 0 Å². The van der Waals surface area contributed by atoms with Crippen LogP contribution in [-0.4, -0.2) is 13.4 Å². The maximum atomic E-state index is 12.5. The van der Waals surface area contributed by atoms with E-state index < -0.39 is 5.82 Å². The second kappa shape index (κ2) is 3.14. The van der Waals surface area contributed by atoms with E-state index in [9.17, 15) is 9.18 Å². The topological polar surface area (TPSA) is 26.3 Å². The van der Waals surface area contributed by atoms with E-state index in [-0.39, 0.29) is 5.56 Å². The van der Waals surface area contributed by atoms with Crippen molar-refractivity contribution < 1.29 is 13.9 Å². The van der Waals surface area contributed by atoms with Gasteiger partial charge in [-0.2, -0.15) is 0 Å². The van der Waals surface area contributed by atoms with Crippen LogP contribution in [0.1, 0.15) is 5.56 Å². The molecule has 1 radical (unpaired) electrons. The molecule has 1 rings (SSSR count). The molecule has 0 saturated heterocycles. The van der Waals surface area contributed by atoms with Crippen LogP contribution in [0, 0.1) is 5.82 Å². The Hall–Kier alpha value is -1.38. The minimum atomic E-state index is -0.497. The zero-order chi connectivity index (χ0) is 8.27. The Balaban J connectivity index is 3.11. The van der Waals surface area contributed by atoms with Crippen LogP contribution in [-0.2, 0) is 4.79 Å². The molecule has 0 spiro atoms. The Morgan fingerprint density at radius 2 is 2.18 bits per heavy atom. The minimum Gasteiger partial charge on any atom is -0.497 e. The number of halogens is 1. The quantitative estimate of drug-likeness (QED) is 0.640. The predicted octanol–water partition coefficient (Wildman–Crippen LogP) is 1.29. The van der Waals surface area contributed by atoms with Crippen LogP contribution in [0.5, 0.6) is 5.75 Å². The van der Waals surface area contributed by atoms with Gasteiger partial charge in [-0.15, -0.1) is 0 Å². The molecular formula is C8H6FO2. The molecule has 0 saturated carbocycles. The standard InChI is InChI=1S/C8H6FO2/c1-11-8-3-6(5-10)2-7(9)4-8/h2-4H,1H3. The fourth-order valence-corrected chi connectivity index (χ4v) is 0.739. The van der Waals surface area contributed by atoms with E-state index in [4.69, 9.17) is 4.74 Å². The molecule has 0 amide bonds. The highest BCUT2D eigenvalue weighted by Gasteiger charge is 1.99. The Morgan fingerprint density at radius 3 is 2.73 bits per heavy atom. The molecule has 1 aromatic rings. The van der Waals surface area contributed by atoms with Gasteiger partial charge in [-0.3, -0.25) is 4.79 Å². The molecule has 0 aliphatic heterocycles. The third kappa shape index (κ3) is 1.77. The average molecular weight is 153 g/mol.